The molecule has 4 rings (SSSR count). The van der Waals surface area contributed by atoms with E-state index in [0.717, 1.165) is 71.0 Å². The van der Waals surface area contributed by atoms with Gasteiger partial charge in [-0.1, -0.05) is 38.1 Å². The molecule has 1 aliphatic rings. The number of nitrogens with zero attached hydrogens (tertiary/aromatic N) is 2. The summed E-state index contributed by atoms with van der Waals surface area (Å²) in [5, 5.41) is 9.81. The second kappa shape index (κ2) is 12.8. The number of aromatic nitrogens is 1. The predicted octanol–water partition coefficient (Wildman–Crippen LogP) is 7.00. The summed E-state index contributed by atoms with van der Waals surface area (Å²) in [5.74, 6) is -0.383. The van der Waals surface area contributed by atoms with Crippen LogP contribution in [-0.4, -0.2) is 41.9 Å². The minimum absolute atomic E-state index is 0.0322. The van der Waals surface area contributed by atoms with Crippen molar-refractivity contribution in [2.24, 2.45) is 5.41 Å². The molecule has 0 atom stereocenters. The monoisotopic (exact) mass is 548 g/mol. The Labute approximate surface area is 237 Å². The standard InChI is InChI=1S/C33H41FN2O4/c1-22(2)40-21-29-31(25-8-12-27(13-9-25)39-19-14-24-6-10-26(34)11-7-24)32(28(20-30(37)38)23(3)35-29)36-17-15-33(4,5)16-18-36/h6-13,22H,14-21H2,1-5H3,(H,37,38). The van der Waals surface area contributed by atoms with E-state index >= 15 is 0 Å². The third kappa shape index (κ3) is 7.60. The largest absolute Gasteiger partial charge is 0.493 e. The Morgan fingerprint density at radius 2 is 1.73 bits per heavy atom. The zero-order valence-corrected chi connectivity index (χ0v) is 24.3. The molecule has 0 unspecified atom stereocenters. The fourth-order valence-corrected chi connectivity index (χ4v) is 5.14. The summed E-state index contributed by atoms with van der Waals surface area (Å²) in [7, 11) is 0. The Hall–Kier alpha value is -3.45. The molecule has 1 aliphatic heterocycles. The van der Waals surface area contributed by atoms with Gasteiger partial charge in [0, 0.05) is 36.3 Å². The van der Waals surface area contributed by atoms with Gasteiger partial charge in [-0.25, -0.2) is 4.39 Å². The van der Waals surface area contributed by atoms with E-state index in [-0.39, 0.29) is 23.8 Å². The highest BCUT2D eigenvalue weighted by molar-refractivity contribution is 5.86. The number of hydrogen-bond acceptors (Lipinski definition) is 5. The van der Waals surface area contributed by atoms with Crippen LogP contribution in [0.25, 0.3) is 11.1 Å². The number of anilines is 1. The van der Waals surface area contributed by atoms with Crippen LogP contribution in [0.3, 0.4) is 0 Å². The lowest BCUT2D eigenvalue weighted by atomic mass is 9.82. The third-order valence-corrected chi connectivity index (χ3v) is 7.58. The average molecular weight is 549 g/mol. The first-order chi connectivity index (χ1) is 19.0. The summed E-state index contributed by atoms with van der Waals surface area (Å²) in [6.45, 7) is 13.0. The number of aliphatic carboxylic acids is 1. The lowest BCUT2D eigenvalue weighted by Crippen LogP contribution is -2.38. The number of ether oxygens (including phenoxy) is 2. The van der Waals surface area contributed by atoms with Crippen LogP contribution in [0.1, 0.15) is 63.1 Å². The first kappa shape index (κ1) is 29.5. The molecule has 2 heterocycles. The molecular formula is C33H41FN2O4. The zero-order chi connectivity index (χ0) is 28.9. The maximum atomic E-state index is 13.2. The molecule has 0 spiro atoms. The van der Waals surface area contributed by atoms with Crippen molar-refractivity contribution < 1.29 is 23.8 Å². The van der Waals surface area contributed by atoms with Crippen LogP contribution in [0.5, 0.6) is 5.75 Å². The van der Waals surface area contributed by atoms with Crippen LogP contribution < -0.4 is 9.64 Å². The maximum Gasteiger partial charge on any atom is 0.307 e. The number of pyridine rings is 1. The van der Waals surface area contributed by atoms with Crippen molar-refractivity contribution in [3.63, 3.8) is 0 Å². The number of aryl methyl sites for hydroxylation is 1. The van der Waals surface area contributed by atoms with E-state index in [2.05, 4.69) is 18.7 Å². The molecule has 0 bridgehead atoms. The number of benzene rings is 2. The number of piperidine rings is 1. The molecule has 1 fully saturated rings. The Kier molecular flexibility index (Phi) is 9.46. The van der Waals surface area contributed by atoms with E-state index in [9.17, 15) is 14.3 Å². The highest BCUT2D eigenvalue weighted by Gasteiger charge is 2.31. The van der Waals surface area contributed by atoms with Crippen LogP contribution in [0.2, 0.25) is 0 Å². The Balaban J connectivity index is 1.69. The molecule has 0 saturated carbocycles. The molecule has 1 aromatic heterocycles. The fraction of sp³-hybridized carbons (Fsp3) is 0.455. The quantitative estimate of drug-likeness (QED) is 0.278. The van der Waals surface area contributed by atoms with Crippen molar-refractivity contribution in [3.8, 4) is 16.9 Å². The van der Waals surface area contributed by atoms with Gasteiger partial charge >= 0.3 is 5.97 Å². The molecule has 40 heavy (non-hydrogen) atoms. The van der Waals surface area contributed by atoms with Gasteiger partial charge in [0.15, 0.2) is 0 Å². The fourth-order valence-electron chi connectivity index (χ4n) is 5.14. The molecule has 2 aromatic carbocycles. The van der Waals surface area contributed by atoms with Gasteiger partial charge in [-0.05, 0) is 74.4 Å². The number of carboxylic acids is 1. The van der Waals surface area contributed by atoms with Crippen molar-refractivity contribution in [2.75, 3.05) is 24.6 Å². The summed E-state index contributed by atoms with van der Waals surface area (Å²) >= 11 is 0. The summed E-state index contributed by atoms with van der Waals surface area (Å²) in [4.78, 5) is 19.2. The second-order valence-electron chi connectivity index (χ2n) is 11.7. The van der Waals surface area contributed by atoms with E-state index in [0.29, 0.717) is 19.6 Å². The summed E-state index contributed by atoms with van der Waals surface area (Å²) in [6.07, 6.45) is 2.67. The predicted molar refractivity (Wildman–Crippen MR) is 157 cm³/mol. The molecule has 0 radical (unpaired) electrons. The first-order valence-electron chi connectivity index (χ1n) is 14.1. The van der Waals surface area contributed by atoms with Gasteiger partial charge in [0.1, 0.15) is 11.6 Å². The summed E-state index contributed by atoms with van der Waals surface area (Å²) < 4.78 is 25.2. The lowest BCUT2D eigenvalue weighted by molar-refractivity contribution is -0.136. The van der Waals surface area contributed by atoms with Gasteiger partial charge in [0.25, 0.3) is 0 Å². The van der Waals surface area contributed by atoms with Crippen LogP contribution >= 0.6 is 0 Å². The summed E-state index contributed by atoms with van der Waals surface area (Å²) in [6, 6.07) is 14.4. The highest BCUT2D eigenvalue weighted by Crippen LogP contribution is 2.42. The Morgan fingerprint density at radius 1 is 1.07 bits per heavy atom. The average Bonchev–Trinajstić information content (AvgIpc) is 2.90. The molecule has 7 heteroatoms. The number of rotatable bonds is 11. The molecule has 1 saturated heterocycles. The SMILES string of the molecule is Cc1nc(COC(C)C)c(-c2ccc(OCCc3ccc(F)cc3)cc2)c(N2CCC(C)(C)CC2)c1CC(=O)O. The van der Waals surface area contributed by atoms with Crippen LogP contribution in [0.4, 0.5) is 10.1 Å². The van der Waals surface area contributed by atoms with Gasteiger partial charge in [-0.15, -0.1) is 0 Å². The van der Waals surface area contributed by atoms with Crippen molar-refractivity contribution in [2.45, 2.75) is 73.0 Å². The number of carbonyl (C=O) groups is 1. The normalized spacial score (nSPS) is 14.9. The molecule has 6 nitrogen and oxygen atoms in total. The van der Waals surface area contributed by atoms with Gasteiger partial charge in [-0.3, -0.25) is 9.78 Å². The number of halogens is 1. The molecule has 1 N–H and O–H groups in total. The number of hydrogen-bond donors (Lipinski definition) is 1. The Bertz CT molecular complexity index is 1290. The molecule has 3 aromatic rings. The molecular weight excluding hydrogens is 507 g/mol. The zero-order valence-electron chi connectivity index (χ0n) is 24.3. The highest BCUT2D eigenvalue weighted by atomic mass is 19.1. The van der Waals surface area contributed by atoms with E-state index in [1.54, 1.807) is 12.1 Å². The smallest absolute Gasteiger partial charge is 0.307 e. The number of carboxylic acid groups (broad SMARTS) is 1. The molecule has 0 aliphatic carbocycles. The van der Waals surface area contributed by atoms with Crippen molar-refractivity contribution >= 4 is 11.7 Å². The summed E-state index contributed by atoms with van der Waals surface area (Å²) in [5.41, 5.74) is 6.40. The Morgan fingerprint density at radius 3 is 2.33 bits per heavy atom. The van der Waals surface area contributed by atoms with E-state index < -0.39 is 5.97 Å². The van der Waals surface area contributed by atoms with Crippen molar-refractivity contribution in [1.82, 2.24) is 4.98 Å². The molecule has 214 valence electrons. The van der Waals surface area contributed by atoms with Crippen molar-refractivity contribution in [1.29, 1.82) is 0 Å². The second-order valence-corrected chi connectivity index (χ2v) is 11.7. The maximum absolute atomic E-state index is 13.2. The lowest BCUT2D eigenvalue weighted by Gasteiger charge is -2.40. The van der Waals surface area contributed by atoms with Crippen LogP contribution in [0.15, 0.2) is 48.5 Å². The van der Waals surface area contributed by atoms with E-state index in [1.165, 1.54) is 12.1 Å². The third-order valence-electron chi connectivity index (χ3n) is 7.58. The topological polar surface area (TPSA) is 71.9 Å². The van der Waals surface area contributed by atoms with Gasteiger partial charge in [0.2, 0.25) is 0 Å². The molecule has 0 amide bonds. The van der Waals surface area contributed by atoms with Gasteiger partial charge in [-0.2, -0.15) is 0 Å². The minimum atomic E-state index is -0.870. The van der Waals surface area contributed by atoms with Crippen LogP contribution in [-0.2, 0) is 29.0 Å². The first-order valence-corrected chi connectivity index (χ1v) is 14.1. The van der Waals surface area contributed by atoms with Gasteiger partial charge < -0.3 is 19.5 Å². The van der Waals surface area contributed by atoms with E-state index in [4.69, 9.17) is 14.5 Å². The minimum Gasteiger partial charge on any atom is -0.493 e. The van der Waals surface area contributed by atoms with Crippen LogP contribution in [0, 0.1) is 18.2 Å². The van der Waals surface area contributed by atoms with Gasteiger partial charge in [0.05, 0.1) is 37.1 Å². The van der Waals surface area contributed by atoms with Crippen molar-refractivity contribution in [3.05, 3.63) is 76.9 Å². The van der Waals surface area contributed by atoms with E-state index in [1.807, 2.05) is 45.0 Å².